The fourth-order valence-corrected chi connectivity index (χ4v) is 0.658. The van der Waals surface area contributed by atoms with Gasteiger partial charge in [0.15, 0.2) is 5.78 Å². The molecule has 0 aliphatic heterocycles. The first-order valence-electron chi connectivity index (χ1n) is 2.95. The number of hydrogen-bond donors (Lipinski definition) is 1. The molecular formula is C8H7O2. The van der Waals surface area contributed by atoms with Gasteiger partial charge in [-0.1, -0.05) is 18.2 Å². The van der Waals surface area contributed by atoms with Gasteiger partial charge in [-0.3, -0.25) is 4.79 Å². The Balaban J connectivity index is 2.85. The molecule has 1 aromatic carbocycles. The second-order valence-electron chi connectivity index (χ2n) is 1.87. The molecule has 2 nitrogen and oxygen atoms in total. The molecule has 0 spiro atoms. The van der Waals surface area contributed by atoms with E-state index >= 15 is 0 Å². The number of hydrogen-bond acceptors (Lipinski definition) is 2. The summed E-state index contributed by atoms with van der Waals surface area (Å²) in [4.78, 5) is 10.7. The quantitative estimate of drug-likeness (QED) is 0.605. The average molecular weight is 135 g/mol. The summed E-state index contributed by atoms with van der Waals surface area (Å²) in [5.41, 5.74) is 0.505. The van der Waals surface area contributed by atoms with Gasteiger partial charge in [-0.2, -0.15) is 0 Å². The molecule has 1 N–H and O–H groups in total. The van der Waals surface area contributed by atoms with Crippen LogP contribution in [0, 0.1) is 6.07 Å². The van der Waals surface area contributed by atoms with Crippen LogP contribution in [0.5, 0.6) is 0 Å². The van der Waals surface area contributed by atoms with Crippen molar-refractivity contribution in [1.82, 2.24) is 0 Å². The van der Waals surface area contributed by atoms with E-state index < -0.39 is 6.61 Å². The Morgan fingerprint density at radius 3 is 3.00 bits per heavy atom. The van der Waals surface area contributed by atoms with Gasteiger partial charge in [0.1, 0.15) is 6.61 Å². The van der Waals surface area contributed by atoms with Crippen molar-refractivity contribution in [2.75, 3.05) is 6.61 Å². The summed E-state index contributed by atoms with van der Waals surface area (Å²) in [6.07, 6.45) is 0. The molecule has 1 aromatic rings. The Hall–Kier alpha value is -1.15. The number of carbonyl (C=O) groups is 1. The first-order valence-corrected chi connectivity index (χ1v) is 2.95. The summed E-state index contributed by atoms with van der Waals surface area (Å²) in [6, 6.07) is 9.36. The van der Waals surface area contributed by atoms with E-state index in [-0.39, 0.29) is 5.78 Å². The highest BCUT2D eigenvalue weighted by Gasteiger charge is 1.99. The molecule has 0 unspecified atom stereocenters. The van der Waals surface area contributed by atoms with Crippen LogP contribution >= 0.6 is 0 Å². The fourth-order valence-electron chi connectivity index (χ4n) is 0.658. The van der Waals surface area contributed by atoms with Gasteiger partial charge in [0.05, 0.1) is 0 Å². The van der Waals surface area contributed by atoms with E-state index in [0.29, 0.717) is 5.56 Å². The lowest BCUT2D eigenvalue weighted by Crippen LogP contribution is -2.03. The Morgan fingerprint density at radius 2 is 2.50 bits per heavy atom. The fraction of sp³-hybridized carbons (Fsp3) is 0.125. The number of aliphatic hydroxyl groups is 1. The maximum Gasteiger partial charge on any atom is 0.188 e. The van der Waals surface area contributed by atoms with Gasteiger partial charge in [-0.25, -0.2) is 0 Å². The molecule has 0 bridgehead atoms. The Morgan fingerprint density at radius 1 is 1.70 bits per heavy atom. The molecule has 0 aliphatic rings. The Labute approximate surface area is 59.1 Å². The van der Waals surface area contributed by atoms with Gasteiger partial charge in [0, 0.05) is 5.56 Å². The number of Topliss-reactive ketones (excluding diaryl/α,β-unsaturated/α-hetero) is 1. The predicted octanol–water partition coefficient (Wildman–Crippen LogP) is 0.662. The number of aliphatic hydroxyl groups excluding tert-OH is 1. The lowest BCUT2D eigenvalue weighted by atomic mass is 10.1. The second kappa shape index (κ2) is 3.13. The molecule has 51 valence electrons. The largest absolute Gasteiger partial charge is 0.388 e. The van der Waals surface area contributed by atoms with E-state index in [9.17, 15) is 4.79 Å². The number of carbonyl (C=O) groups excluding carboxylic acids is 1. The lowest BCUT2D eigenvalue weighted by molar-refractivity contribution is 0.0904. The van der Waals surface area contributed by atoms with E-state index in [1.165, 1.54) is 0 Å². The van der Waals surface area contributed by atoms with E-state index in [0.717, 1.165) is 0 Å². The van der Waals surface area contributed by atoms with Gasteiger partial charge >= 0.3 is 0 Å². The maximum atomic E-state index is 10.7. The molecule has 2 heteroatoms. The summed E-state index contributed by atoms with van der Waals surface area (Å²) in [5.74, 6) is -0.267. The number of benzene rings is 1. The smallest absolute Gasteiger partial charge is 0.188 e. The van der Waals surface area contributed by atoms with Crippen LogP contribution in [0.15, 0.2) is 24.3 Å². The molecule has 1 rings (SSSR count). The van der Waals surface area contributed by atoms with Crippen molar-refractivity contribution in [2.45, 2.75) is 0 Å². The van der Waals surface area contributed by atoms with Crippen LogP contribution in [0.1, 0.15) is 10.4 Å². The van der Waals surface area contributed by atoms with E-state index in [1.54, 1.807) is 24.3 Å². The first kappa shape index (κ1) is 6.96. The Kier molecular flexibility index (Phi) is 2.18. The molecule has 0 atom stereocenters. The van der Waals surface area contributed by atoms with Gasteiger partial charge in [0.2, 0.25) is 0 Å². The van der Waals surface area contributed by atoms with Crippen molar-refractivity contribution >= 4 is 5.78 Å². The number of rotatable bonds is 2. The highest BCUT2D eigenvalue weighted by molar-refractivity contribution is 5.96. The maximum absolute atomic E-state index is 10.7. The molecule has 0 saturated heterocycles. The van der Waals surface area contributed by atoms with Crippen LogP contribution in [0.25, 0.3) is 0 Å². The normalized spacial score (nSPS) is 9.30. The van der Waals surface area contributed by atoms with E-state index in [4.69, 9.17) is 5.11 Å². The van der Waals surface area contributed by atoms with Crippen molar-refractivity contribution in [3.63, 3.8) is 0 Å². The van der Waals surface area contributed by atoms with Crippen LogP contribution in [0.4, 0.5) is 0 Å². The molecule has 1 radical (unpaired) electrons. The van der Waals surface area contributed by atoms with Crippen LogP contribution in [0.2, 0.25) is 0 Å². The third-order valence-electron chi connectivity index (χ3n) is 1.17. The summed E-state index contributed by atoms with van der Waals surface area (Å²) in [7, 11) is 0. The second-order valence-corrected chi connectivity index (χ2v) is 1.87. The van der Waals surface area contributed by atoms with Crippen LogP contribution in [-0.2, 0) is 0 Å². The van der Waals surface area contributed by atoms with Crippen molar-refractivity contribution in [3.05, 3.63) is 35.9 Å². The first-order chi connectivity index (χ1) is 4.84. The van der Waals surface area contributed by atoms with Crippen LogP contribution in [-0.4, -0.2) is 17.5 Å². The third kappa shape index (κ3) is 1.42. The lowest BCUT2D eigenvalue weighted by Gasteiger charge is -1.92. The highest BCUT2D eigenvalue weighted by Crippen LogP contribution is 1.97. The molecule has 0 amide bonds. The van der Waals surface area contributed by atoms with Crippen molar-refractivity contribution in [2.24, 2.45) is 0 Å². The molecule has 0 heterocycles. The minimum Gasteiger partial charge on any atom is -0.388 e. The summed E-state index contributed by atoms with van der Waals surface area (Å²) >= 11 is 0. The third-order valence-corrected chi connectivity index (χ3v) is 1.17. The minimum absolute atomic E-state index is 0.267. The van der Waals surface area contributed by atoms with Crippen molar-refractivity contribution in [1.29, 1.82) is 0 Å². The van der Waals surface area contributed by atoms with Gasteiger partial charge in [-0.15, -0.1) is 0 Å². The SMILES string of the molecule is O=C(CO)c1c[c]ccc1. The van der Waals surface area contributed by atoms with E-state index in [2.05, 4.69) is 6.07 Å². The van der Waals surface area contributed by atoms with Gasteiger partial charge in [0.25, 0.3) is 0 Å². The molecule has 0 aliphatic carbocycles. The van der Waals surface area contributed by atoms with Gasteiger partial charge < -0.3 is 5.11 Å². The molecule has 0 aromatic heterocycles. The van der Waals surface area contributed by atoms with Crippen molar-refractivity contribution in [3.8, 4) is 0 Å². The highest BCUT2D eigenvalue weighted by atomic mass is 16.3. The standard InChI is InChI=1S/C8H7O2/c9-6-8(10)7-4-2-1-3-5-7/h1-2,4-5,9H,6H2. The minimum atomic E-state index is -0.433. The summed E-state index contributed by atoms with van der Waals surface area (Å²) in [6.45, 7) is -0.433. The average Bonchev–Trinajstić information content (AvgIpc) is 2.05. The molecule has 10 heavy (non-hydrogen) atoms. The molecule has 0 saturated carbocycles. The summed E-state index contributed by atoms with van der Waals surface area (Å²) in [5, 5.41) is 8.42. The zero-order valence-corrected chi connectivity index (χ0v) is 5.37. The topological polar surface area (TPSA) is 37.3 Å². The Bertz CT molecular complexity index is 216. The number of ketones is 1. The zero-order chi connectivity index (χ0) is 7.40. The molecule has 0 fully saturated rings. The van der Waals surface area contributed by atoms with Gasteiger partial charge in [-0.05, 0) is 12.1 Å². The predicted molar refractivity (Wildman–Crippen MR) is 36.7 cm³/mol. The molecular weight excluding hydrogens is 128 g/mol. The zero-order valence-electron chi connectivity index (χ0n) is 5.37. The van der Waals surface area contributed by atoms with Crippen LogP contribution < -0.4 is 0 Å². The van der Waals surface area contributed by atoms with Crippen LogP contribution in [0.3, 0.4) is 0 Å². The summed E-state index contributed by atoms with van der Waals surface area (Å²) < 4.78 is 0. The van der Waals surface area contributed by atoms with E-state index in [1.807, 2.05) is 0 Å². The van der Waals surface area contributed by atoms with Crippen molar-refractivity contribution < 1.29 is 9.90 Å². The monoisotopic (exact) mass is 135 g/mol.